The second-order valence-electron chi connectivity index (χ2n) is 4.83. The van der Waals surface area contributed by atoms with E-state index in [0.29, 0.717) is 6.04 Å². The van der Waals surface area contributed by atoms with Gasteiger partial charge in [-0.15, -0.1) is 11.8 Å². The number of carbonyl (C=O) groups excluding carboxylic acids is 1. The van der Waals surface area contributed by atoms with Gasteiger partial charge in [0, 0.05) is 22.8 Å². The number of rotatable bonds is 5. The minimum Gasteiger partial charge on any atom is -0.336 e. The molecule has 19 heavy (non-hydrogen) atoms. The van der Waals surface area contributed by atoms with Gasteiger partial charge in [0.2, 0.25) is 0 Å². The molecule has 1 heterocycles. The zero-order chi connectivity index (χ0) is 13.7. The summed E-state index contributed by atoms with van der Waals surface area (Å²) in [5.74, 6) is 0.210. The Morgan fingerprint density at radius 1 is 1.47 bits per heavy atom. The third-order valence-corrected chi connectivity index (χ3v) is 5.00. The fourth-order valence-electron chi connectivity index (χ4n) is 2.69. The molecule has 1 aromatic carbocycles. The summed E-state index contributed by atoms with van der Waals surface area (Å²) in [7, 11) is 0. The summed E-state index contributed by atoms with van der Waals surface area (Å²) in [6.07, 6.45) is 6.57. The number of carbonyl (C=O) groups is 1. The van der Waals surface area contributed by atoms with E-state index in [-0.39, 0.29) is 5.91 Å². The molecule has 0 aliphatic carbocycles. The van der Waals surface area contributed by atoms with E-state index in [4.69, 9.17) is 0 Å². The fourth-order valence-corrected chi connectivity index (χ4v) is 3.61. The van der Waals surface area contributed by atoms with Gasteiger partial charge in [0.1, 0.15) is 0 Å². The molecular weight excluding hydrogens is 322 g/mol. The van der Waals surface area contributed by atoms with Crippen LogP contribution < -0.4 is 0 Å². The van der Waals surface area contributed by atoms with Crippen molar-refractivity contribution in [2.45, 2.75) is 36.6 Å². The Morgan fingerprint density at radius 2 is 2.26 bits per heavy atom. The predicted molar refractivity (Wildman–Crippen MR) is 85.3 cm³/mol. The first-order valence-corrected chi connectivity index (χ1v) is 9.12. The Bertz CT molecular complexity index is 438. The van der Waals surface area contributed by atoms with E-state index < -0.39 is 0 Å². The van der Waals surface area contributed by atoms with Crippen LogP contribution >= 0.6 is 27.7 Å². The van der Waals surface area contributed by atoms with Crippen molar-refractivity contribution in [3.8, 4) is 0 Å². The number of hydrogen-bond donors (Lipinski definition) is 0. The van der Waals surface area contributed by atoms with Crippen molar-refractivity contribution in [1.82, 2.24) is 4.90 Å². The Hall–Kier alpha value is -0.480. The molecule has 0 saturated carbocycles. The molecule has 1 atom stereocenters. The van der Waals surface area contributed by atoms with E-state index in [2.05, 4.69) is 20.8 Å². The number of halogens is 1. The van der Waals surface area contributed by atoms with Crippen molar-refractivity contribution in [2.75, 3.05) is 18.1 Å². The van der Waals surface area contributed by atoms with Gasteiger partial charge in [-0.3, -0.25) is 4.79 Å². The largest absolute Gasteiger partial charge is 0.336 e. The number of nitrogens with zero attached hydrogens (tertiary/aromatic N) is 1. The molecule has 0 N–H and O–H groups in total. The number of amides is 1. The normalized spacial score (nSPS) is 18.8. The van der Waals surface area contributed by atoms with Crippen LogP contribution in [0.1, 0.15) is 36.0 Å². The maximum absolute atomic E-state index is 12.7. The van der Waals surface area contributed by atoms with Crippen molar-refractivity contribution < 1.29 is 4.79 Å². The highest BCUT2D eigenvalue weighted by Gasteiger charge is 2.29. The zero-order valence-corrected chi connectivity index (χ0v) is 13.7. The monoisotopic (exact) mass is 341 g/mol. The highest BCUT2D eigenvalue weighted by atomic mass is 79.9. The molecule has 2 nitrogen and oxygen atoms in total. The van der Waals surface area contributed by atoms with Crippen molar-refractivity contribution in [3.05, 3.63) is 29.8 Å². The van der Waals surface area contributed by atoms with Crippen LogP contribution in [0.4, 0.5) is 0 Å². The topological polar surface area (TPSA) is 20.3 Å². The van der Waals surface area contributed by atoms with Gasteiger partial charge in [-0.2, -0.15) is 0 Å². The Morgan fingerprint density at radius 3 is 3.00 bits per heavy atom. The van der Waals surface area contributed by atoms with Crippen LogP contribution in [-0.4, -0.2) is 35.0 Å². The van der Waals surface area contributed by atoms with Crippen molar-refractivity contribution >= 4 is 33.6 Å². The van der Waals surface area contributed by atoms with Gasteiger partial charge in [0.25, 0.3) is 5.91 Å². The van der Waals surface area contributed by atoms with Gasteiger partial charge < -0.3 is 4.90 Å². The SMILES string of the molecule is CSc1ccccc1C(=O)N1CCCC1CCCBr. The lowest BCUT2D eigenvalue weighted by molar-refractivity contribution is 0.0727. The number of alkyl halides is 1. The molecule has 0 spiro atoms. The van der Waals surface area contributed by atoms with E-state index in [1.807, 2.05) is 30.5 Å². The quantitative estimate of drug-likeness (QED) is 0.591. The molecule has 1 aromatic rings. The van der Waals surface area contributed by atoms with Crippen molar-refractivity contribution in [1.29, 1.82) is 0 Å². The summed E-state index contributed by atoms with van der Waals surface area (Å²) in [6, 6.07) is 8.36. The summed E-state index contributed by atoms with van der Waals surface area (Å²) in [5.41, 5.74) is 0.862. The first-order chi connectivity index (χ1) is 9.27. The second kappa shape index (κ2) is 7.34. The van der Waals surface area contributed by atoms with Gasteiger partial charge >= 0.3 is 0 Å². The molecule has 0 radical (unpaired) electrons. The second-order valence-corrected chi connectivity index (χ2v) is 6.47. The first-order valence-electron chi connectivity index (χ1n) is 6.78. The third kappa shape index (κ3) is 3.54. The average molecular weight is 342 g/mol. The predicted octanol–water partition coefficient (Wildman–Crippen LogP) is 4.19. The molecule has 1 saturated heterocycles. The van der Waals surface area contributed by atoms with Gasteiger partial charge in [0.15, 0.2) is 0 Å². The number of likely N-dealkylation sites (tertiary alicyclic amines) is 1. The lowest BCUT2D eigenvalue weighted by atomic mass is 10.1. The molecule has 1 unspecified atom stereocenters. The van der Waals surface area contributed by atoms with E-state index in [0.717, 1.165) is 48.0 Å². The molecule has 104 valence electrons. The van der Waals surface area contributed by atoms with Crippen LogP contribution in [0.5, 0.6) is 0 Å². The molecule has 0 aromatic heterocycles. The smallest absolute Gasteiger partial charge is 0.255 e. The summed E-state index contributed by atoms with van der Waals surface area (Å²) >= 11 is 5.12. The number of hydrogen-bond acceptors (Lipinski definition) is 2. The van der Waals surface area contributed by atoms with Crippen LogP contribution in [0.3, 0.4) is 0 Å². The van der Waals surface area contributed by atoms with Crippen LogP contribution in [0, 0.1) is 0 Å². The molecule has 1 fully saturated rings. The van der Waals surface area contributed by atoms with Crippen molar-refractivity contribution in [3.63, 3.8) is 0 Å². The van der Waals surface area contributed by atoms with Crippen LogP contribution in [0.15, 0.2) is 29.2 Å². The van der Waals surface area contributed by atoms with Gasteiger partial charge in [-0.05, 0) is 44.1 Å². The molecule has 0 bridgehead atoms. The van der Waals surface area contributed by atoms with Crippen LogP contribution in [0.2, 0.25) is 0 Å². The summed E-state index contributed by atoms with van der Waals surface area (Å²) in [5, 5.41) is 1.02. The molecule has 1 aliphatic heterocycles. The fraction of sp³-hybridized carbons (Fsp3) is 0.533. The molecular formula is C15H20BrNOS. The Labute approximate surface area is 128 Å². The van der Waals surface area contributed by atoms with Crippen LogP contribution in [-0.2, 0) is 0 Å². The van der Waals surface area contributed by atoms with E-state index in [1.165, 1.54) is 0 Å². The van der Waals surface area contributed by atoms with Gasteiger partial charge in [-0.1, -0.05) is 28.1 Å². The lowest BCUT2D eigenvalue weighted by Gasteiger charge is -2.25. The van der Waals surface area contributed by atoms with E-state index in [9.17, 15) is 4.79 Å². The minimum atomic E-state index is 0.210. The summed E-state index contributed by atoms with van der Waals surface area (Å²) in [4.78, 5) is 15.9. The van der Waals surface area contributed by atoms with Crippen molar-refractivity contribution in [2.24, 2.45) is 0 Å². The summed E-state index contributed by atoms with van der Waals surface area (Å²) in [6.45, 7) is 0.911. The van der Waals surface area contributed by atoms with Gasteiger partial charge in [0.05, 0.1) is 5.56 Å². The average Bonchev–Trinajstić information content (AvgIpc) is 2.92. The Balaban J connectivity index is 2.13. The minimum absolute atomic E-state index is 0.210. The van der Waals surface area contributed by atoms with Gasteiger partial charge in [-0.25, -0.2) is 0 Å². The third-order valence-electron chi connectivity index (χ3n) is 3.65. The maximum Gasteiger partial charge on any atom is 0.255 e. The highest BCUT2D eigenvalue weighted by Crippen LogP contribution is 2.27. The number of thioether (sulfide) groups is 1. The number of benzene rings is 1. The molecule has 2 rings (SSSR count). The van der Waals surface area contributed by atoms with Crippen LogP contribution in [0.25, 0.3) is 0 Å². The molecule has 1 amide bonds. The zero-order valence-electron chi connectivity index (χ0n) is 11.3. The molecule has 1 aliphatic rings. The van der Waals surface area contributed by atoms with E-state index >= 15 is 0 Å². The Kier molecular flexibility index (Phi) is 5.76. The summed E-state index contributed by atoms with van der Waals surface area (Å²) < 4.78 is 0. The lowest BCUT2D eigenvalue weighted by Crippen LogP contribution is -2.35. The molecule has 4 heteroatoms. The highest BCUT2D eigenvalue weighted by molar-refractivity contribution is 9.09. The standard InChI is InChI=1S/C15H20BrNOS/c1-19-14-9-3-2-8-13(14)15(18)17-11-5-7-12(17)6-4-10-16/h2-3,8-9,12H,4-7,10-11H2,1H3. The maximum atomic E-state index is 12.7. The van der Waals surface area contributed by atoms with E-state index in [1.54, 1.807) is 11.8 Å². The first kappa shape index (κ1) is 14.9.